The molecule has 1 saturated carbocycles. The Morgan fingerprint density at radius 1 is 1.24 bits per heavy atom. The van der Waals surface area contributed by atoms with Crippen molar-refractivity contribution in [1.29, 1.82) is 0 Å². The Morgan fingerprint density at radius 2 is 2.05 bits per heavy atom. The number of anilines is 1. The highest BCUT2D eigenvalue weighted by Gasteiger charge is 2.30. The number of nitrogens with zero attached hydrogens (tertiary/aromatic N) is 4. The zero-order valence-electron chi connectivity index (χ0n) is 12.7. The molecule has 0 bridgehead atoms. The summed E-state index contributed by atoms with van der Waals surface area (Å²) < 4.78 is 0. The summed E-state index contributed by atoms with van der Waals surface area (Å²) in [7, 11) is 0. The molecule has 2 heterocycles. The first-order valence-corrected chi connectivity index (χ1v) is 8.05. The Labute approximate surface area is 126 Å². The fourth-order valence-electron chi connectivity index (χ4n) is 3.53. The Kier molecular flexibility index (Phi) is 4.36. The van der Waals surface area contributed by atoms with Gasteiger partial charge < -0.3 is 9.80 Å². The van der Waals surface area contributed by atoms with Crippen molar-refractivity contribution in [2.75, 3.05) is 31.1 Å². The van der Waals surface area contributed by atoms with E-state index in [1.54, 1.807) is 6.20 Å². The van der Waals surface area contributed by atoms with Crippen LogP contribution < -0.4 is 4.90 Å². The van der Waals surface area contributed by atoms with Crippen LogP contribution in [0.25, 0.3) is 0 Å². The van der Waals surface area contributed by atoms with Gasteiger partial charge in [0.1, 0.15) is 0 Å². The summed E-state index contributed by atoms with van der Waals surface area (Å²) in [6.45, 7) is 5.59. The molecule has 1 aliphatic carbocycles. The van der Waals surface area contributed by atoms with Gasteiger partial charge in [0, 0.05) is 38.3 Å². The number of aromatic nitrogens is 2. The molecule has 0 spiro atoms. The van der Waals surface area contributed by atoms with Crippen molar-refractivity contribution in [3.63, 3.8) is 0 Å². The van der Waals surface area contributed by atoms with Crippen LogP contribution in [0.1, 0.15) is 32.6 Å². The first kappa shape index (κ1) is 14.3. The Balaban J connectivity index is 1.54. The van der Waals surface area contributed by atoms with Gasteiger partial charge in [0.25, 0.3) is 0 Å². The number of hydrogen-bond donors (Lipinski definition) is 0. The lowest BCUT2D eigenvalue weighted by Gasteiger charge is -2.38. The topological polar surface area (TPSA) is 49.3 Å². The summed E-state index contributed by atoms with van der Waals surface area (Å²) in [6, 6.07) is 3.89. The molecule has 0 aromatic carbocycles. The minimum Gasteiger partial charge on any atom is -0.352 e. The number of amides is 1. The van der Waals surface area contributed by atoms with Gasteiger partial charge in [-0.25, -0.2) is 0 Å². The summed E-state index contributed by atoms with van der Waals surface area (Å²) >= 11 is 0. The van der Waals surface area contributed by atoms with Gasteiger partial charge in [-0.15, -0.1) is 5.10 Å². The molecule has 2 atom stereocenters. The van der Waals surface area contributed by atoms with Crippen LogP contribution in [0.2, 0.25) is 0 Å². The van der Waals surface area contributed by atoms with E-state index in [-0.39, 0.29) is 5.92 Å². The Bertz CT molecular complexity index is 470. The van der Waals surface area contributed by atoms with Crippen molar-refractivity contribution in [2.45, 2.75) is 32.6 Å². The molecular weight excluding hydrogens is 264 g/mol. The van der Waals surface area contributed by atoms with E-state index in [4.69, 9.17) is 0 Å². The van der Waals surface area contributed by atoms with Gasteiger partial charge in [0.15, 0.2) is 5.82 Å². The maximum atomic E-state index is 12.6. The van der Waals surface area contributed by atoms with E-state index in [1.165, 1.54) is 12.8 Å². The van der Waals surface area contributed by atoms with Crippen LogP contribution in [0.5, 0.6) is 0 Å². The van der Waals surface area contributed by atoms with Gasteiger partial charge in [0.05, 0.1) is 0 Å². The Morgan fingerprint density at radius 3 is 2.71 bits per heavy atom. The first-order chi connectivity index (χ1) is 10.2. The van der Waals surface area contributed by atoms with E-state index in [2.05, 4.69) is 26.9 Å². The molecule has 1 amide bonds. The van der Waals surface area contributed by atoms with Gasteiger partial charge in [-0.1, -0.05) is 19.8 Å². The van der Waals surface area contributed by atoms with Gasteiger partial charge in [-0.2, -0.15) is 5.10 Å². The van der Waals surface area contributed by atoms with Crippen LogP contribution in [0.3, 0.4) is 0 Å². The molecule has 0 N–H and O–H groups in total. The van der Waals surface area contributed by atoms with E-state index in [0.717, 1.165) is 44.8 Å². The van der Waals surface area contributed by atoms with Gasteiger partial charge >= 0.3 is 0 Å². The molecule has 2 aliphatic rings. The predicted molar refractivity (Wildman–Crippen MR) is 81.9 cm³/mol. The van der Waals surface area contributed by atoms with Gasteiger partial charge in [-0.3, -0.25) is 4.79 Å². The highest BCUT2D eigenvalue weighted by Crippen LogP contribution is 2.30. The number of rotatable bonds is 2. The van der Waals surface area contributed by atoms with Gasteiger partial charge in [0.2, 0.25) is 5.91 Å². The van der Waals surface area contributed by atoms with Crippen molar-refractivity contribution >= 4 is 11.7 Å². The van der Waals surface area contributed by atoms with Crippen molar-refractivity contribution < 1.29 is 4.79 Å². The largest absolute Gasteiger partial charge is 0.352 e. The number of hydrogen-bond acceptors (Lipinski definition) is 4. The second-order valence-corrected chi connectivity index (χ2v) is 6.36. The SMILES string of the molecule is CC1CCC[C@H](C(=O)N2CCN(c3cccnn3)CC2)C1. The molecule has 1 saturated heterocycles. The highest BCUT2D eigenvalue weighted by molar-refractivity contribution is 5.79. The van der Waals surface area contributed by atoms with Crippen molar-refractivity contribution in [3.8, 4) is 0 Å². The predicted octanol–water partition coefficient (Wildman–Crippen LogP) is 1.95. The lowest BCUT2D eigenvalue weighted by atomic mass is 9.81. The fraction of sp³-hybridized carbons (Fsp3) is 0.688. The quantitative estimate of drug-likeness (QED) is 0.834. The second-order valence-electron chi connectivity index (χ2n) is 6.36. The van der Waals surface area contributed by atoms with E-state index < -0.39 is 0 Å². The number of piperazine rings is 1. The fourth-order valence-corrected chi connectivity index (χ4v) is 3.53. The molecule has 21 heavy (non-hydrogen) atoms. The molecule has 5 nitrogen and oxygen atoms in total. The highest BCUT2D eigenvalue weighted by atomic mass is 16.2. The Hall–Kier alpha value is -1.65. The van der Waals surface area contributed by atoms with Crippen LogP contribution >= 0.6 is 0 Å². The van der Waals surface area contributed by atoms with E-state index in [9.17, 15) is 4.79 Å². The van der Waals surface area contributed by atoms with Crippen LogP contribution in [-0.4, -0.2) is 47.2 Å². The maximum Gasteiger partial charge on any atom is 0.225 e. The lowest BCUT2D eigenvalue weighted by molar-refractivity contribution is -0.137. The molecule has 114 valence electrons. The normalized spacial score (nSPS) is 26.7. The third kappa shape index (κ3) is 3.34. The van der Waals surface area contributed by atoms with E-state index >= 15 is 0 Å². The second kappa shape index (κ2) is 6.41. The molecular formula is C16H24N4O. The molecule has 1 aliphatic heterocycles. The summed E-state index contributed by atoms with van der Waals surface area (Å²) in [6.07, 6.45) is 6.33. The average Bonchev–Trinajstić information content (AvgIpc) is 2.55. The van der Waals surface area contributed by atoms with Crippen molar-refractivity contribution in [2.24, 2.45) is 11.8 Å². The monoisotopic (exact) mass is 288 g/mol. The first-order valence-electron chi connectivity index (χ1n) is 8.05. The molecule has 1 aromatic rings. The van der Waals surface area contributed by atoms with Crippen LogP contribution in [-0.2, 0) is 4.79 Å². The summed E-state index contributed by atoms with van der Waals surface area (Å²) in [4.78, 5) is 16.9. The average molecular weight is 288 g/mol. The van der Waals surface area contributed by atoms with Crippen LogP contribution in [0, 0.1) is 11.8 Å². The standard InChI is InChI=1S/C16H24N4O/c1-13-4-2-5-14(12-13)16(21)20-10-8-19(9-11-20)15-6-3-7-17-18-15/h3,6-7,13-14H,2,4-5,8-12H2,1H3/t13?,14-/m0/s1. The van der Waals surface area contributed by atoms with Crippen LogP contribution in [0.4, 0.5) is 5.82 Å². The minimum absolute atomic E-state index is 0.261. The summed E-state index contributed by atoms with van der Waals surface area (Å²) in [5.74, 6) is 2.25. The summed E-state index contributed by atoms with van der Waals surface area (Å²) in [5, 5.41) is 8.07. The molecule has 0 radical (unpaired) electrons. The maximum absolute atomic E-state index is 12.6. The molecule has 2 fully saturated rings. The van der Waals surface area contributed by atoms with E-state index in [1.807, 2.05) is 12.1 Å². The molecule has 3 rings (SSSR count). The zero-order chi connectivity index (χ0) is 14.7. The number of carbonyl (C=O) groups excluding carboxylic acids is 1. The lowest BCUT2D eigenvalue weighted by Crippen LogP contribution is -2.51. The molecule has 1 aromatic heterocycles. The number of carbonyl (C=O) groups is 1. The van der Waals surface area contributed by atoms with Crippen LogP contribution in [0.15, 0.2) is 18.3 Å². The van der Waals surface area contributed by atoms with Gasteiger partial charge in [-0.05, 0) is 30.9 Å². The minimum atomic E-state index is 0.261. The third-order valence-electron chi connectivity index (χ3n) is 4.76. The third-order valence-corrected chi connectivity index (χ3v) is 4.76. The molecule has 1 unspecified atom stereocenters. The van der Waals surface area contributed by atoms with Crippen molar-refractivity contribution in [1.82, 2.24) is 15.1 Å². The molecule has 5 heteroatoms. The zero-order valence-corrected chi connectivity index (χ0v) is 12.7. The van der Waals surface area contributed by atoms with Crippen molar-refractivity contribution in [3.05, 3.63) is 18.3 Å². The smallest absolute Gasteiger partial charge is 0.225 e. The summed E-state index contributed by atoms with van der Waals surface area (Å²) in [5.41, 5.74) is 0. The van der Waals surface area contributed by atoms with E-state index in [0.29, 0.717) is 11.8 Å².